The normalized spacial score (nSPS) is 10.5. The van der Waals surface area contributed by atoms with Crippen LogP contribution in [0.3, 0.4) is 0 Å². The molecule has 4 nitrogen and oxygen atoms in total. The number of ether oxygens (including phenoxy) is 1. The first-order chi connectivity index (χ1) is 10.4. The van der Waals surface area contributed by atoms with Crippen LogP contribution in [0.15, 0.2) is 61.3 Å². The maximum absolute atomic E-state index is 5.66. The minimum Gasteiger partial charge on any atom is -0.489 e. The molecule has 0 saturated heterocycles. The van der Waals surface area contributed by atoms with Crippen molar-refractivity contribution >= 4 is 16.6 Å². The van der Waals surface area contributed by atoms with E-state index in [1.807, 2.05) is 36.5 Å². The maximum atomic E-state index is 5.66. The van der Waals surface area contributed by atoms with Gasteiger partial charge in [0.15, 0.2) is 0 Å². The number of anilines is 1. The van der Waals surface area contributed by atoms with Crippen LogP contribution in [0.4, 0.5) is 5.69 Å². The molecule has 0 bridgehead atoms. The van der Waals surface area contributed by atoms with Crippen molar-refractivity contribution in [1.29, 1.82) is 0 Å². The summed E-state index contributed by atoms with van der Waals surface area (Å²) >= 11 is 0. The van der Waals surface area contributed by atoms with E-state index in [2.05, 4.69) is 34.2 Å². The number of H-pyrrole nitrogens is 1. The molecule has 0 radical (unpaired) electrons. The molecular formula is C17H17N3O. The van der Waals surface area contributed by atoms with Gasteiger partial charge >= 0.3 is 0 Å². The highest BCUT2D eigenvalue weighted by Gasteiger charge is 2.03. The summed E-state index contributed by atoms with van der Waals surface area (Å²) in [5.74, 6) is 0.884. The van der Waals surface area contributed by atoms with Gasteiger partial charge in [-0.15, -0.1) is 0 Å². The Kier molecular flexibility index (Phi) is 3.87. The number of nitrogens with one attached hydrogen (secondary N) is 2. The van der Waals surface area contributed by atoms with Crippen molar-refractivity contribution in [2.75, 3.05) is 11.9 Å². The molecule has 2 aromatic carbocycles. The highest BCUT2D eigenvalue weighted by atomic mass is 16.5. The first-order valence-electron chi connectivity index (χ1n) is 6.85. The van der Waals surface area contributed by atoms with Crippen LogP contribution in [0, 0.1) is 0 Å². The zero-order chi connectivity index (χ0) is 14.5. The quantitative estimate of drug-likeness (QED) is 0.676. The second-order valence-corrected chi connectivity index (χ2v) is 4.73. The molecule has 0 aliphatic carbocycles. The highest BCUT2D eigenvalue weighted by Crippen LogP contribution is 2.21. The summed E-state index contributed by atoms with van der Waals surface area (Å²) in [5, 5.41) is 11.5. The Morgan fingerprint density at radius 1 is 1.24 bits per heavy atom. The predicted molar refractivity (Wildman–Crippen MR) is 85.6 cm³/mol. The molecule has 0 spiro atoms. The van der Waals surface area contributed by atoms with Gasteiger partial charge in [0.05, 0.1) is 11.7 Å². The van der Waals surface area contributed by atoms with E-state index in [9.17, 15) is 0 Å². The number of benzene rings is 2. The zero-order valence-electron chi connectivity index (χ0n) is 11.7. The molecule has 0 atom stereocenters. The summed E-state index contributed by atoms with van der Waals surface area (Å²) < 4.78 is 5.66. The van der Waals surface area contributed by atoms with Gasteiger partial charge in [-0.3, -0.25) is 5.10 Å². The summed E-state index contributed by atoms with van der Waals surface area (Å²) in [6, 6.07) is 14.1. The van der Waals surface area contributed by atoms with Gasteiger partial charge in [-0.2, -0.15) is 5.10 Å². The molecule has 1 aromatic heterocycles. The van der Waals surface area contributed by atoms with Crippen LogP contribution < -0.4 is 10.1 Å². The predicted octanol–water partition coefficient (Wildman–Crippen LogP) is 3.74. The van der Waals surface area contributed by atoms with Gasteiger partial charge in [-0.25, -0.2) is 0 Å². The van der Waals surface area contributed by atoms with Gasteiger partial charge in [0, 0.05) is 23.2 Å². The highest BCUT2D eigenvalue weighted by molar-refractivity contribution is 5.81. The minimum atomic E-state index is 0.512. The topological polar surface area (TPSA) is 49.9 Å². The summed E-state index contributed by atoms with van der Waals surface area (Å²) in [4.78, 5) is 0. The number of para-hydroxylation sites is 1. The second-order valence-electron chi connectivity index (χ2n) is 4.73. The molecule has 0 amide bonds. The largest absolute Gasteiger partial charge is 0.489 e. The molecule has 4 heteroatoms. The van der Waals surface area contributed by atoms with Crippen LogP contribution in [-0.2, 0) is 6.54 Å². The van der Waals surface area contributed by atoms with Crippen molar-refractivity contribution in [3.63, 3.8) is 0 Å². The summed E-state index contributed by atoms with van der Waals surface area (Å²) in [5.41, 5.74) is 3.21. The van der Waals surface area contributed by atoms with Crippen molar-refractivity contribution in [1.82, 2.24) is 10.2 Å². The van der Waals surface area contributed by atoms with Gasteiger partial charge in [0.25, 0.3) is 0 Å². The molecule has 21 heavy (non-hydrogen) atoms. The van der Waals surface area contributed by atoms with Crippen molar-refractivity contribution in [3.8, 4) is 5.75 Å². The molecule has 3 aromatic rings. The van der Waals surface area contributed by atoms with E-state index >= 15 is 0 Å². The summed E-state index contributed by atoms with van der Waals surface area (Å²) in [7, 11) is 0. The third-order valence-corrected chi connectivity index (χ3v) is 3.25. The average molecular weight is 279 g/mol. The first kappa shape index (κ1) is 13.2. The summed E-state index contributed by atoms with van der Waals surface area (Å²) in [6.45, 7) is 4.89. The molecule has 0 unspecified atom stereocenters. The third kappa shape index (κ3) is 3.05. The van der Waals surface area contributed by atoms with E-state index in [-0.39, 0.29) is 0 Å². The van der Waals surface area contributed by atoms with Crippen LogP contribution in [-0.4, -0.2) is 16.8 Å². The Labute approximate surface area is 123 Å². The SMILES string of the molecule is C=CCOc1ccccc1CNc1ccc2[nH]ncc2c1. The van der Waals surface area contributed by atoms with Gasteiger partial charge in [0.1, 0.15) is 12.4 Å². The fourth-order valence-electron chi connectivity index (χ4n) is 2.19. The maximum Gasteiger partial charge on any atom is 0.124 e. The molecule has 1 heterocycles. The van der Waals surface area contributed by atoms with E-state index < -0.39 is 0 Å². The molecule has 0 aliphatic heterocycles. The Hall–Kier alpha value is -2.75. The lowest BCUT2D eigenvalue weighted by Gasteiger charge is -2.11. The van der Waals surface area contributed by atoms with Gasteiger partial charge in [-0.1, -0.05) is 30.9 Å². The molecule has 0 aliphatic rings. The smallest absolute Gasteiger partial charge is 0.124 e. The lowest BCUT2D eigenvalue weighted by Crippen LogP contribution is -2.03. The van der Waals surface area contributed by atoms with Crippen molar-refractivity contribution < 1.29 is 4.74 Å². The minimum absolute atomic E-state index is 0.512. The molecule has 0 saturated carbocycles. The Bertz CT molecular complexity index is 748. The Morgan fingerprint density at radius 3 is 3.05 bits per heavy atom. The number of hydrogen-bond donors (Lipinski definition) is 2. The standard InChI is InChI=1S/C17H17N3O/c1-2-9-21-17-6-4-3-5-13(17)11-18-15-7-8-16-14(10-15)12-19-20-16/h2-8,10,12,18H,1,9,11H2,(H,19,20). The van der Waals surface area contributed by atoms with Crippen molar-refractivity contribution in [2.24, 2.45) is 0 Å². The molecule has 106 valence electrons. The lowest BCUT2D eigenvalue weighted by molar-refractivity contribution is 0.359. The first-order valence-corrected chi connectivity index (χ1v) is 6.85. The Morgan fingerprint density at radius 2 is 2.14 bits per heavy atom. The van der Waals surface area contributed by atoms with E-state index in [1.165, 1.54) is 0 Å². The van der Waals surface area contributed by atoms with Crippen LogP contribution in [0.25, 0.3) is 10.9 Å². The molecule has 2 N–H and O–H groups in total. The van der Waals surface area contributed by atoms with Crippen LogP contribution in [0.2, 0.25) is 0 Å². The molecular weight excluding hydrogens is 262 g/mol. The van der Waals surface area contributed by atoms with Crippen molar-refractivity contribution in [2.45, 2.75) is 6.54 Å². The molecule has 0 fully saturated rings. The number of rotatable bonds is 6. The Balaban J connectivity index is 1.73. The molecule has 3 rings (SSSR count). The monoisotopic (exact) mass is 279 g/mol. The van der Waals surface area contributed by atoms with Gasteiger partial charge in [0.2, 0.25) is 0 Å². The van der Waals surface area contributed by atoms with Gasteiger partial charge < -0.3 is 10.1 Å². The fraction of sp³-hybridized carbons (Fsp3) is 0.118. The van der Waals surface area contributed by atoms with E-state index in [4.69, 9.17) is 4.74 Å². The fourth-order valence-corrected chi connectivity index (χ4v) is 2.19. The van der Waals surface area contributed by atoms with Crippen molar-refractivity contribution in [3.05, 3.63) is 66.9 Å². The summed E-state index contributed by atoms with van der Waals surface area (Å²) in [6.07, 6.45) is 3.57. The van der Waals surface area contributed by atoms with E-state index in [0.717, 1.165) is 27.9 Å². The number of hydrogen-bond acceptors (Lipinski definition) is 3. The average Bonchev–Trinajstić information content (AvgIpc) is 2.99. The van der Waals surface area contributed by atoms with Crippen LogP contribution in [0.1, 0.15) is 5.56 Å². The number of aromatic nitrogens is 2. The van der Waals surface area contributed by atoms with E-state index in [1.54, 1.807) is 6.08 Å². The van der Waals surface area contributed by atoms with Crippen LogP contribution in [0.5, 0.6) is 5.75 Å². The van der Waals surface area contributed by atoms with Crippen LogP contribution >= 0.6 is 0 Å². The zero-order valence-corrected chi connectivity index (χ0v) is 11.7. The lowest BCUT2D eigenvalue weighted by atomic mass is 10.2. The number of aromatic amines is 1. The number of nitrogens with zero attached hydrogens (tertiary/aromatic N) is 1. The van der Waals surface area contributed by atoms with Gasteiger partial charge in [-0.05, 0) is 24.3 Å². The number of fused-ring (bicyclic) bond motifs is 1. The van der Waals surface area contributed by atoms with E-state index in [0.29, 0.717) is 13.2 Å². The third-order valence-electron chi connectivity index (χ3n) is 3.25. The second kappa shape index (κ2) is 6.13.